The molecule has 1 amide bonds. The maximum atomic E-state index is 13.6. The number of amides is 1. The van der Waals surface area contributed by atoms with Gasteiger partial charge in [-0.2, -0.15) is 0 Å². The zero-order chi connectivity index (χ0) is 30.3. The summed E-state index contributed by atoms with van der Waals surface area (Å²) in [5.74, 6) is 0.982. The molecule has 3 saturated heterocycles. The van der Waals surface area contributed by atoms with E-state index >= 15 is 0 Å². The molecule has 228 valence electrons. The lowest BCUT2D eigenvalue weighted by Gasteiger charge is -2.45. The van der Waals surface area contributed by atoms with Crippen LogP contribution in [0.5, 0.6) is 5.75 Å². The monoisotopic (exact) mass is 590 g/mol. The van der Waals surface area contributed by atoms with Gasteiger partial charge in [0, 0.05) is 38.1 Å². The first-order valence-electron chi connectivity index (χ1n) is 16.2. The minimum absolute atomic E-state index is 0.0286. The molecule has 3 aliphatic heterocycles. The Morgan fingerprint density at radius 1 is 0.864 bits per heavy atom. The van der Waals surface area contributed by atoms with Crippen molar-refractivity contribution in [1.82, 2.24) is 19.4 Å². The van der Waals surface area contributed by atoms with Crippen molar-refractivity contribution in [3.8, 4) is 5.75 Å². The highest BCUT2D eigenvalue weighted by Crippen LogP contribution is 2.45. The van der Waals surface area contributed by atoms with Gasteiger partial charge in [-0.1, -0.05) is 54.6 Å². The fraction of sp³-hybridized carbons (Fsp3) is 0.432. The van der Waals surface area contributed by atoms with E-state index in [1.165, 1.54) is 43.7 Å². The first-order valence-corrected chi connectivity index (χ1v) is 16.2. The van der Waals surface area contributed by atoms with E-state index in [0.717, 1.165) is 37.1 Å². The second-order valence-electron chi connectivity index (χ2n) is 13.0. The van der Waals surface area contributed by atoms with Gasteiger partial charge in [0.2, 0.25) is 0 Å². The van der Waals surface area contributed by atoms with Crippen molar-refractivity contribution in [2.75, 3.05) is 19.6 Å². The zero-order valence-corrected chi connectivity index (χ0v) is 25.8. The third kappa shape index (κ3) is 5.32. The number of carbonyl (C=O) groups excluding carboxylic acids is 2. The van der Waals surface area contributed by atoms with E-state index in [2.05, 4.69) is 71.0 Å². The highest BCUT2D eigenvalue weighted by molar-refractivity contribution is 5.97. The molecule has 7 nitrogen and oxygen atoms in total. The first-order chi connectivity index (χ1) is 21.4. The van der Waals surface area contributed by atoms with E-state index in [1.807, 2.05) is 11.0 Å². The highest BCUT2D eigenvalue weighted by Gasteiger charge is 2.44. The molecule has 1 unspecified atom stereocenters. The van der Waals surface area contributed by atoms with Crippen LogP contribution in [0, 0.1) is 6.92 Å². The molecule has 3 aromatic carbocycles. The number of rotatable bonds is 7. The highest BCUT2D eigenvalue weighted by atomic mass is 16.5. The number of nitrogens with zero attached hydrogens (tertiary/aromatic N) is 4. The first kappa shape index (κ1) is 28.8. The third-order valence-corrected chi connectivity index (χ3v) is 10.6. The number of aromatic nitrogens is 2. The van der Waals surface area contributed by atoms with Crippen molar-refractivity contribution >= 4 is 22.9 Å². The SMILES string of the molecule is CC(=O)Oc1ccccc1C(=O)N1CCC(CCN2[C@@H]3CC[C@H]2CC(n2c(C)nc4ccccc42)C3)(c2ccccc2)CC1. The van der Waals surface area contributed by atoms with Crippen molar-refractivity contribution in [2.45, 2.75) is 82.3 Å². The fourth-order valence-corrected chi connectivity index (χ4v) is 8.46. The lowest BCUT2D eigenvalue weighted by Crippen LogP contribution is -2.49. The maximum Gasteiger partial charge on any atom is 0.308 e. The van der Waals surface area contributed by atoms with Crippen LogP contribution in [0.1, 0.15) is 79.7 Å². The number of imidazole rings is 1. The smallest absolute Gasteiger partial charge is 0.308 e. The van der Waals surface area contributed by atoms with Gasteiger partial charge in [-0.15, -0.1) is 0 Å². The number of aryl methyl sites for hydroxylation is 1. The molecule has 44 heavy (non-hydrogen) atoms. The van der Waals surface area contributed by atoms with Crippen LogP contribution in [0.15, 0.2) is 78.9 Å². The number of piperidine rings is 2. The molecule has 4 heterocycles. The number of likely N-dealkylation sites (tertiary alicyclic amines) is 1. The van der Waals surface area contributed by atoms with Gasteiger partial charge in [0.05, 0.1) is 16.6 Å². The Balaban J connectivity index is 1.06. The summed E-state index contributed by atoms with van der Waals surface area (Å²) < 4.78 is 7.87. The fourth-order valence-electron chi connectivity index (χ4n) is 8.46. The number of hydrogen-bond donors (Lipinski definition) is 0. The van der Waals surface area contributed by atoms with Crippen LogP contribution in [0.3, 0.4) is 0 Å². The van der Waals surface area contributed by atoms with E-state index in [9.17, 15) is 9.59 Å². The molecule has 0 radical (unpaired) electrons. The van der Waals surface area contributed by atoms with E-state index in [1.54, 1.807) is 18.2 Å². The second kappa shape index (κ2) is 11.8. The molecule has 2 bridgehead atoms. The third-order valence-electron chi connectivity index (χ3n) is 10.6. The van der Waals surface area contributed by atoms with Crippen molar-refractivity contribution in [2.24, 2.45) is 0 Å². The van der Waals surface area contributed by atoms with Crippen LogP contribution < -0.4 is 4.74 Å². The average Bonchev–Trinajstić information content (AvgIpc) is 3.50. The zero-order valence-electron chi connectivity index (χ0n) is 25.8. The number of carbonyl (C=O) groups is 2. The van der Waals surface area contributed by atoms with Crippen LogP contribution in [-0.2, 0) is 10.2 Å². The van der Waals surface area contributed by atoms with E-state index < -0.39 is 5.97 Å². The molecule has 4 aromatic rings. The summed E-state index contributed by atoms with van der Waals surface area (Å²) >= 11 is 0. The molecule has 3 fully saturated rings. The molecule has 1 aromatic heterocycles. The van der Waals surface area contributed by atoms with E-state index in [0.29, 0.717) is 42.5 Å². The van der Waals surface area contributed by atoms with Crippen molar-refractivity contribution in [3.63, 3.8) is 0 Å². The molecule has 3 atom stereocenters. The predicted octanol–water partition coefficient (Wildman–Crippen LogP) is 6.70. The summed E-state index contributed by atoms with van der Waals surface area (Å²) in [7, 11) is 0. The molecule has 7 heteroatoms. The van der Waals surface area contributed by atoms with E-state index in [-0.39, 0.29) is 11.3 Å². The molecule has 7 rings (SSSR count). The van der Waals surface area contributed by atoms with Crippen LogP contribution in [0.2, 0.25) is 0 Å². The Bertz CT molecular complexity index is 1640. The van der Waals surface area contributed by atoms with Gasteiger partial charge in [-0.25, -0.2) is 4.98 Å². The lowest BCUT2D eigenvalue weighted by atomic mass is 9.70. The van der Waals surface area contributed by atoms with Crippen LogP contribution >= 0.6 is 0 Å². The summed E-state index contributed by atoms with van der Waals surface area (Å²) in [6.45, 7) is 5.98. The Hall–Kier alpha value is -3.97. The minimum Gasteiger partial charge on any atom is -0.426 e. The van der Waals surface area contributed by atoms with Gasteiger partial charge in [-0.05, 0) is 93.7 Å². The standard InChI is InChI=1S/C37H42N4O3/c1-26-38-33-13-7-8-14-34(33)41(26)31-24-29-16-17-30(25-31)40(29)23-20-37(28-10-4-3-5-11-28)18-21-39(22-19-37)36(43)32-12-6-9-15-35(32)44-27(2)42/h3-15,29-31H,16-25H2,1-2H3/t29-,30+,31?. The van der Waals surface area contributed by atoms with Gasteiger partial charge in [0.15, 0.2) is 0 Å². The molecule has 3 aliphatic rings. The normalized spacial score (nSPS) is 23.1. The number of esters is 1. The number of hydrogen-bond acceptors (Lipinski definition) is 5. The van der Waals surface area contributed by atoms with Gasteiger partial charge in [-0.3, -0.25) is 14.5 Å². The summed E-state index contributed by atoms with van der Waals surface area (Å²) in [6, 6.07) is 28.3. The number of fused-ring (bicyclic) bond motifs is 3. The molecule has 0 N–H and O–H groups in total. The second-order valence-corrected chi connectivity index (χ2v) is 13.0. The average molecular weight is 591 g/mol. The summed E-state index contributed by atoms with van der Waals surface area (Å²) in [5.41, 5.74) is 4.23. The summed E-state index contributed by atoms with van der Waals surface area (Å²) in [5, 5.41) is 0. The Kier molecular flexibility index (Phi) is 7.75. The van der Waals surface area contributed by atoms with Crippen molar-refractivity contribution < 1.29 is 14.3 Å². The Morgan fingerprint density at radius 2 is 1.52 bits per heavy atom. The Labute approximate surface area is 259 Å². The van der Waals surface area contributed by atoms with Crippen LogP contribution in [-0.4, -0.2) is 62.9 Å². The molecular formula is C37H42N4O3. The van der Waals surface area contributed by atoms with Crippen molar-refractivity contribution in [1.29, 1.82) is 0 Å². The molecule has 0 saturated carbocycles. The van der Waals surface area contributed by atoms with Crippen LogP contribution in [0.4, 0.5) is 0 Å². The summed E-state index contributed by atoms with van der Waals surface area (Å²) in [4.78, 5) is 34.9. The van der Waals surface area contributed by atoms with E-state index in [4.69, 9.17) is 9.72 Å². The van der Waals surface area contributed by atoms with Gasteiger partial charge in [0.25, 0.3) is 5.91 Å². The quantitative estimate of drug-likeness (QED) is 0.177. The molecule has 0 spiro atoms. The molecule has 0 aliphatic carbocycles. The Morgan fingerprint density at radius 3 is 2.25 bits per heavy atom. The maximum absolute atomic E-state index is 13.6. The van der Waals surface area contributed by atoms with Gasteiger partial charge >= 0.3 is 5.97 Å². The number of para-hydroxylation sites is 3. The van der Waals surface area contributed by atoms with Gasteiger partial charge < -0.3 is 14.2 Å². The van der Waals surface area contributed by atoms with Crippen LogP contribution in [0.25, 0.3) is 11.0 Å². The van der Waals surface area contributed by atoms with Gasteiger partial charge in [0.1, 0.15) is 11.6 Å². The number of ether oxygens (including phenoxy) is 1. The van der Waals surface area contributed by atoms with Crippen molar-refractivity contribution in [3.05, 3.63) is 95.8 Å². The number of benzene rings is 3. The largest absolute Gasteiger partial charge is 0.426 e. The lowest BCUT2D eigenvalue weighted by molar-refractivity contribution is -0.131. The topological polar surface area (TPSA) is 67.7 Å². The predicted molar refractivity (Wildman–Crippen MR) is 172 cm³/mol. The summed E-state index contributed by atoms with van der Waals surface area (Å²) in [6.07, 6.45) is 7.84. The molecular weight excluding hydrogens is 548 g/mol. The minimum atomic E-state index is -0.418.